The maximum absolute atomic E-state index is 12.3. The third-order valence-corrected chi connectivity index (χ3v) is 5.38. The number of hydrogen-bond acceptors (Lipinski definition) is 6. The summed E-state index contributed by atoms with van der Waals surface area (Å²) in [4.78, 5) is 12.3. The molecule has 1 aromatic heterocycles. The number of aromatic nitrogens is 2. The van der Waals surface area contributed by atoms with Crippen molar-refractivity contribution in [2.24, 2.45) is 5.92 Å². The molecule has 2 rings (SSSR count). The van der Waals surface area contributed by atoms with Crippen molar-refractivity contribution in [2.75, 3.05) is 11.9 Å². The Hall–Kier alpha value is -2.10. The molecule has 0 saturated heterocycles. The highest BCUT2D eigenvalue weighted by Crippen LogP contribution is 2.19. The molecule has 9 heteroatoms. The number of nitrogens with one attached hydrogen (secondary N) is 2. The lowest BCUT2D eigenvalue weighted by Crippen LogP contribution is -2.24. The summed E-state index contributed by atoms with van der Waals surface area (Å²) in [6.07, 6.45) is 2.23. The zero-order valence-electron chi connectivity index (χ0n) is 14.0. The van der Waals surface area contributed by atoms with E-state index in [1.54, 1.807) is 0 Å². The standard InChI is InChI=1S/C16H20N4O3S2/c1-4-8-17-25(22,23)13-7-5-6-12(10-13)15(21)18-16-20-19-14(24-16)9-11(2)3/h4-7,10-11,17H,1,8-9H2,2-3H3,(H,18,20,21). The van der Waals surface area contributed by atoms with Crippen molar-refractivity contribution in [2.45, 2.75) is 25.2 Å². The molecule has 0 unspecified atom stereocenters. The lowest BCUT2D eigenvalue weighted by atomic mass is 10.1. The summed E-state index contributed by atoms with van der Waals surface area (Å²) in [5.41, 5.74) is 0.224. The first-order valence-corrected chi connectivity index (χ1v) is 9.96. The monoisotopic (exact) mass is 380 g/mol. The Bertz CT molecular complexity index is 860. The van der Waals surface area contributed by atoms with Gasteiger partial charge >= 0.3 is 0 Å². The van der Waals surface area contributed by atoms with Crippen molar-refractivity contribution in [3.05, 3.63) is 47.5 Å². The molecule has 2 N–H and O–H groups in total. The van der Waals surface area contributed by atoms with Gasteiger partial charge in [0.1, 0.15) is 5.01 Å². The van der Waals surface area contributed by atoms with Crippen LogP contribution in [0.1, 0.15) is 29.2 Å². The number of sulfonamides is 1. The Morgan fingerprint density at radius 2 is 2.12 bits per heavy atom. The van der Waals surface area contributed by atoms with E-state index >= 15 is 0 Å². The number of carbonyl (C=O) groups is 1. The molecular weight excluding hydrogens is 360 g/mol. The van der Waals surface area contributed by atoms with Crippen LogP contribution in [0, 0.1) is 5.92 Å². The number of anilines is 1. The van der Waals surface area contributed by atoms with E-state index < -0.39 is 15.9 Å². The van der Waals surface area contributed by atoms with E-state index in [1.165, 1.54) is 41.7 Å². The molecular formula is C16H20N4O3S2. The van der Waals surface area contributed by atoms with Crippen LogP contribution in [0.3, 0.4) is 0 Å². The van der Waals surface area contributed by atoms with Gasteiger partial charge in [0.15, 0.2) is 0 Å². The topological polar surface area (TPSA) is 101 Å². The van der Waals surface area contributed by atoms with Crippen LogP contribution in [0.4, 0.5) is 5.13 Å². The van der Waals surface area contributed by atoms with Crippen molar-refractivity contribution in [1.29, 1.82) is 0 Å². The van der Waals surface area contributed by atoms with Crippen LogP contribution >= 0.6 is 11.3 Å². The fourth-order valence-electron chi connectivity index (χ4n) is 1.96. The van der Waals surface area contributed by atoms with E-state index in [0.29, 0.717) is 11.0 Å². The molecule has 25 heavy (non-hydrogen) atoms. The molecule has 0 aliphatic rings. The number of rotatable bonds is 8. The number of nitrogens with zero attached hydrogens (tertiary/aromatic N) is 2. The van der Waals surface area contributed by atoms with E-state index in [9.17, 15) is 13.2 Å². The van der Waals surface area contributed by atoms with Crippen LogP contribution in [-0.2, 0) is 16.4 Å². The van der Waals surface area contributed by atoms with E-state index in [0.717, 1.165) is 11.4 Å². The average Bonchev–Trinajstić information content (AvgIpc) is 2.99. The number of hydrogen-bond donors (Lipinski definition) is 2. The first-order valence-electron chi connectivity index (χ1n) is 7.66. The van der Waals surface area contributed by atoms with Gasteiger partial charge in [-0.25, -0.2) is 13.1 Å². The van der Waals surface area contributed by atoms with Crippen LogP contribution in [0.25, 0.3) is 0 Å². The molecule has 1 aromatic carbocycles. The van der Waals surface area contributed by atoms with E-state index in [1.807, 2.05) is 0 Å². The molecule has 134 valence electrons. The smallest absolute Gasteiger partial charge is 0.257 e. The highest BCUT2D eigenvalue weighted by atomic mass is 32.2. The summed E-state index contributed by atoms with van der Waals surface area (Å²) in [6.45, 7) is 7.73. The molecule has 0 aliphatic carbocycles. The van der Waals surface area contributed by atoms with Gasteiger partial charge in [0.2, 0.25) is 15.2 Å². The molecule has 0 atom stereocenters. The second kappa shape index (κ2) is 8.32. The van der Waals surface area contributed by atoms with Crippen LogP contribution in [0.2, 0.25) is 0 Å². The molecule has 0 radical (unpaired) electrons. The van der Waals surface area contributed by atoms with Crippen molar-refractivity contribution >= 4 is 32.4 Å². The molecule has 7 nitrogen and oxygen atoms in total. The predicted octanol–water partition coefficient (Wildman–Crippen LogP) is 2.45. The largest absolute Gasteiger partial charge is 0.296 e. The van der Waals surface area contributed by atoms with Gasteiger partial charge in [-0.05, 0) is 24.1 Å². The first kappa shape index (κ1) is 19.2. The van der Waals surface area contributed by atoms with Gasteiger partial charge in [0.05, 0.1) is 4.90 Å². The molecule has 0 fully saturated rings. The minimum atomic E-state index is -3.69. The summed E-state index contributed by atoms with van der Waals surface area (Å²) in [6, 6.07) is 5.80. The summed E-state index contributed by atoms with van der Waals surface area (Å²) in [7, 11) is -3.69. The van der Waals surface area contributed by atoms with Gasteiger partial charge in [-0.3, -0.25) is 10.1 Å². The predicted molar refractivity (Wildman–Crippen MR) is 98.2 cm³/mol. The minimum absolute atomic E-state index is 0.0137. The van der Waals surface area contributed by atoms with E-state index in [4.69, 9.17) is 0 Å². The Morgan fingerprint density at radius 3 is 2.80 bits per heavy atom. The Labute approximate surface area is 151 Å². The van der Waals surface area contributed by atoms with Crippen LogP contribution in [0.5, 0.6) is 0 Å². The van der Waals surface area contributed by atoms with Crippen LogP contribution in [0.15, 0.2) is 41.8 Å². The van der Waals surface area contributed by atoms with Crippen molar-refractivity contribution in [1.82, 2.24) is 14.9 Å². The summed E-state index contributed by atoms with van der Waals surface area (Å²) >= 11 is 1.31. The zero-order chi connectivity index (χ0) is 18.4. The minimum Gasteiger partial charge on any atom is -0.296 e. The number of benzene rings is 1. The summed E-state index contributed by atoms with van der Waals surface area (Å²) in [5.74, 6) is 0.00877. The Kier molecular flexibility index (Phi) is 6.40. The van der Waals surface area contributed by atoms with Gasteiger partial charge in [-0.2, -0.15) is 0 Å². The lowest BCUT2D eigenvalue weighted by Gasteiger charge is -2.07. The van der Waals surface area contributed by atoms with E-state index in [-0.39, 0.29) is 17.0 Å². The van der Waals surface area contributed by atoms with Crippen LogP contribution < -0.4 is 10.0 Å². The quantitative estimate of drug-likeness (QED) is 0.685. The highest BCUT2D eigenvalue weighted by molar-refractivity contribution is 7.89. The van der Waals surface area contributed by atoms with Crippen molar-refractivity contribution < 1.29 is 13.2 Å². The summed E-state index contributed by atoms with van der Waals surface area (Å²) < 4.78 is 26.6. The van der Waals surface area contributed by atoms with Gasteiger partial charge in [0.25, 0.3) is 5.91 Å². The third kappa shape index (κ3) is 5.45. The number of carbonyl (C=O) groups excluding carboxylic acids is 1. The molecule has 2 aromatic rings. The Morgan fingerprint density at radius 1 is 1.36 bits per heavy atom. The second-order valence-corrected chi connectivity index (χ2v) is 8.55. The molecule has 0 saturated carbocycles. The maximum Gasteiger partial charge on any atom is 0.257 e. The lowest BCUT2D eigenvalue weighted by molar-refractivity contribution is 0.102. The Balaban J connectivity index is 2.13. The molecule has 1 amide bonds. The fourth-order valence-corrected chi connectivity index (χ4v) is 3.95. The average molecular weight is 380 g/mol. The van der Waals surface area contributed by atoms with Crippen molar-refractivity contribution in [3.63, 3.8) is 0 Å². The summed E-state index contributed by atoms with van der Waals surface area (Å²) in [5, 5.41) is 11.9. The SMILES string of the molecule is C=CCNS(=O)(=O)c1cccc(C(=O)Nc2nnc(CC(C)C)s2)c1. The molecule has 0 bridgehead atoms. The maximum atomic E-state index is 12.3. The fraction of sp³-hybridized carbons (Fsp3) is 0.312. The van der Waals surface area contributed by atoms with E-state index in [2.05, 4.69) is 40.7 Å². The molecule has 1 heterocycles. The van der Waals surface area contributed by atoms with Gasteiger partial charge in [0, 0.05) is 18.5 Å². The second-order valence-electron chi connectivity index (χ2n) is 5.72. The van der Waals surface area contributed by atoms with Crippen LogP contribution in [-0.4, -0.2) is 31.1 Å². The van der Waals surface area contributed by atoms with Gasteiger partial charge in [-0.15, -0.1) is 16.8 Å². The molecule has 0 spiro atoms. The van der Waals surface area contributed by atoms with Gasteiger partial charge in [-0.1, -0.05) is 37.3 Å². The van der Waals surface area contributed by atoms with Gasteiger partial charge < -0.3 is 0 Å². The van der Waals surface area contributed by atoms with Crippen molar-refractivity contribution in [3.8, 4) is 0 Å². The third-order valence-electron chi connectivity index (χ3n) is 3.09. The first-order chi connectivity index (χ1) is 11.8. The highest BCUT2D eigenvalue weighted by Gasteiger charge is 2.16. The zero-order valence-corrected chi connectivity index (χ0v) is 15.7. The normalized spacial score (nSPS) is 11.5. The number of amides is 1. The molecule has 0 aliphatic heterocycles.